The first kappa shape index (κ1) is 39.9. The lowest BCUT2D eigenvalue weighted by molar-refractivity contribution is -0.141. The molecule has 3 N–H and O–H groups in total. The van der Waals surface area contributed by atoms with Crippen LogP contribution in [0, 0.1) is 12.8 Å². The van der Waals surface area contributed by atoms with Crippen LogP contribution in [0.3, 0.4) is 0 Å². The molecular formula is C44H51N7O8S. The van der Waals surface area contributed by atoms with Crippen molar-refractivity contribution in [3.8, 4) is 17.1 Å². The SMILES string of the molecule is Cc1ccc2nn3c(O[C@@H]4C[C@H]5C(=O)N[C@]6(C(=O)NS(=O)(=O)C7CC7)C[C@H]6/C=C\CCCCC[C@H](NC(=O)OC6CCCC6)C(=O)N5C4)cc(-c4ccccc4)nc3c2c1. The van der Waals surface area contributed by atoms with Gasteiger partial charge in [0.25, 0.3) is 5.91 Å². The van der Waals surface area contributed by atoms with E-state index in [1.807, 2.05) is 67.6 Å². The number of sulfonamides is 1. The lowest BCUT2D eigenvalue weighted by Crippen LogP contribution is -2.58. The van der Waals surface area contributed by atoms with E-state index in [1.54, 1.807) is 10.6 Å². The molecule has 2 aromatic heterocycles. The first-order valence-electron chi connectivity index (χ1n) is 21.3. The van der Waals surface area contributed by atoms with E-state index in [2.05, 4.69) is 15.4 Å². The molecule has 60 heavy (non-hydrogen) atoms. The molecule has 2 aliphatic heterocycles. The summed E-state index contributed by atoms with van der Waals surface area (Å²) in [5.74, 6) is -1.94. The number of carbonyl (C=O) groups is 4. The quantitative estimate of drug-likeness (QED) is 0.198. The molecule has 3 aliphatic carbocycles. The van der Waals surface area contributed by atoms with Crippen molar-refractivity contribution < 1.29 is 37.1 Å². The zero-order chi connectivity index (χ0) is 41.6. The van der Waals surface area contributed by atoms with Crippen LogP contribution in [-0.4, -0.2) is 93.4 Å². The number of benzene rings is 2. The highest BCUT2D eigenvalue weighted by molar-refractivity contribution is 7.91. The molecule has 16 heteroatoms. The highest BCUT2D eigenvalue weighted by Gasteiger charge is 2.62. The third kappa shape index (κ3) is 8.17. The van der Waals surface area contributed by atoms with Crippen LogP contribution in [0.25, 0.3) is 27.8 Å². The van der Waals surface area contributed by atoms with Crippen LogP contribution < -0.4 is 20.1 Å². The van der Waals surface area contributed by atoms with Gasteiger partial charge in [0.1, 0.15) is 29.8 Å². The van der Waals surface area contributed by atoms with Gasteiger partial charge in [-0.3, -0.25) is 19.1 Å². The summed E-state index contributed by atoms with van der Waals surface area (Å²) in [6.07, 6.45) is 10.1. The molecule has 2 aromatic carbocycles. The Morgan fingerprint density at radius 2 is 1.72 bits per heavy atom. The molecule has 9 rings (SSSR count). The second-order valence-corrected chi connectivity index (χ2v) is 19.1. The minimum Gasteiger partial charge on any atom is -0.472 e. The van der Waals surface area contributed by atoms with Gasteiger partial charge in [0.05, 0.1) is 23.0 Å². The summed E-state index contributed by atoms with van der Waals surface area (Å²) >= 11 is 0. The zero-order valence-corrected chi connectivity index (χ0v) is 34.5. The third-order valence-corrected chi connectivity index (χ3v) is 14.4. The summed E-state index contributed by atoms with van der Waals surface area (Å²) in [6.45, 7) is 1.98. The molecule has 15 nitrogen and oxygen atoms in total. The summed E-state index contributed by atoms with van der Waals surface area (Å²) < 4.78 is 42.3. The maximum absolute atomic E-state index is 14.8. The Morgan fingerprint density at radius 3 is 2.50 bits per heavy atom. The van der Waals surface area contributed by atoms with Crippen LogP contribution >= 0.6 is 0 Å². The Balaban J connectivity index is 1.06. The van der Waals surface area contributed by atoms with E-state index < -0.39 is 68.7 Å². The number of alkyl carbamates (subject to hydrolysis) is 1. The van der Waals surface area contributed by atoms with Gasteiger partial charge in [0, 0.05) is 29.4 Å². The van der Waals surface area contributed by atoms with Crippen molar-refractivity contribution >= 4 is 50.4 Å². The molecule has 0 bridgehead atoms. The highest BCUT2D eigenvalue weighted by atomic mass is 32.2. The molecule has 3 saturated carbocycles. The molecule has 4 amide bonds. The molecule has 0 unspecified atom stereocenters. The summed E-state index contributed by atoms with van der Waals surface area (Å²) in [5, 5.41) is 10.8. The fourth-order valence-electron chi connectivity index (χ4n) is 8.96. The van der Waals surface area contributed by atoms with Crippen LogP contribution in [0.5, 0.6) is 5.88 Å². The van der Waals surface area contributed by atoms with Crippen molar-refractivity contribution in [2.75, 3.05) is 6.54 Å². The maximum atomic E-state index is 14.8. The van der Waals surface area contributed by atoms with Gasteiger partial charge in [-0.25, -0.2) is 18.2 Å². The van der Waals surface area contributed by atoms with E-state index >= 15 is 0 Å². The van der Waals surface area contributed by atoms with E-state index in [-0.39, 0.29) is 25.5 Å². The summed E-state index contributed by atoms with van der Waals surface area (Å²) in [5.41, 5.74) is 2.33. The predicted molar refractivity (Wildman–Crippen MR) is 222 cm³/mol. The number of amides is 4. The van der Waals surface area contributed by atoms with Crippen LogP contribution in [0.15, 0.2) is 66.7 Å². The van der Waals surface area contributed by atoms with Crippen molar-refractivity contribution in [2.45, 2.75) is 125 Å². The summed E-state index contributed by atoms with van der Waals surface area (Å²) in [7, 11) is -3.91. The molecule has 4 aromatic rings. The Morgan fingerprint density at radius 1 is 0.933 bits per heavy atom. The topological polar surface area (TPSA) is 190 Å². The largest absolute Gasteiger partial charge is 0.472 e. The normalized spacial score (nSPS) is 27.0. The van der Waals surface area contributed by atoms with Crippen LogP contribution in [0.1, 0.15) is 89.0 Å². The van der Waals surface area contributed by atoms with E-state index in [0.717, 1.165) is 60.6 Å². The van der Waals surface area contributed by atoms with Crippen molar-refractivity contribution in [2.24, 2.45) is 5.92 Å². The fraction of sp³-hybridized carbons (Fsp3) is 0.500. The van der Waals surface area contributed by atoms with E-state index in [0.29, 0.717) is 49.3 Å². The van der Waals surface area contributed by atoms with Gasteiger partial charge in [0.15, 0.2) is 5.65 Å². The van der Waals surface area contributed by atoms with Gasteiger partial charge in [-0.05, 0) is 83.3 Å². The van der Waals surface area contributed by atoms with Gasteiger partial charge in [0.2, 0.25) is 27.7 Å². The molecule has 5 atom stereocenters. The third-order valence-electron chi connectivity index (χ3n) is 12.6. The number of nitrogens with zero attached hydrogens (tertiary/aromatic N) is 4. The van der Waals surface area contributed by atoms with E-state index in [1.165, 1.54) is 4.90 Å². The molecular weight excluding hydrogens is 787 g/mol. The summed E-state index contributed by atoms with van der Waals surface area (Å²) in [6, 6.07) is 15.3. The second kappa shape index (κ2) is 16.2. The number of aromatic nitrogens is 3. The average Bonchev–Trinajstić information content (AvgIpc) is 4.05. The zero-order valence-electron chi connectivity index (χ0n) is 33.7. The standard InChI is InChI=1S/C44H51N7O8S/c1-27-18-21-34-33(22-27)39-45-36(28-12-6-5-7-13-28)24-38(51(39)48-34)58-31-23-37-40(52)47-44(42(54)49-60(56,57)32-19-20-32)25-29(44)14-8-3-2-4-9-17-35(41(53)50(37)26-31)46-43(55)59-30-15-10-11-16-30/h5-8,12-14,18,21-22,24,29-32,35,37H,2-4,9-11,15-17,19-20,23,25-26H2,1H3,(H,46,55)(H,47,52)(H,49,54)/b14-8-/t29-,31-,35+,37+,44-/m1/s1. The molecule has 1 saturated heterocycles. The number of rotatable bonds is 8. The van der Waals surface area contributed by atoms with Crippen molar-refractivity contribution in [3.63, 3.8) is 0 Å². The lowest BCUT2D eigenvalue weighted by Gasteiger charge is -2.30. The molecule has 5 aliphatic rings. The minimum atomic E-state index is -3.91. The van der Waals surface area contributed by atoms with Gasteiger partial charge in [-0.2, -0.15) is 9.61 Å². The molecule has 0 spiro atoms. The minimum absolute atomic E-state index is 0.0181. The smallest absolute Gasteiger partial charge is 0.408 e. The Hall–Kier alpha value is -5.51. The van der Waals surface area contributed by atoms with Crippen LogP contribution in [0.2, 0.25) is 0 Å². The van der Waals surface area contributed by atoms with E-state index in [9.17, 15) is 27.6 Å². The molecule has 316 valence electrons. The molecule has 4 fully saturated rings. The molecule has 0 radical (unpaired) electrons. The van der Waals surface area contributed by atoms with E-state index in [4.69, 9.17) is 19.6 Å². The average molecular weight is 838 g/mol. The number of allylic oxidation sites excluding steroid dienone is 1. The Kier molecular flexibility index (Phi) is 10.8. The number of aryl methyl sites for hydroxylation is 1. The number of nitrogens with one attached hydrogen (secondary N) is 3. The monoisotopic (exact) mass is 837 g/mol. The highest BCUT2D eigenvalue weighted by Crippen LogP contribution is 2.46. The Labute approximate surface area is 348 Å². The first-order valence-corrected chi connectivity index (χ1v) is 22.9. The van der Waals surface area contributed by atoms with Gasteiger partial charge < -0.3 is 25.0 Å². The maximum Gasteiger partial charge on any atom is 0.408 e. The van der Waals surface area contributed by atoms with Crippen molar-refractivity contribution in [1.29, 1.82) is 0 Å². The summed E-state index contributed by atoms with van der Waals surface area (Å²) in [4.78, 5) is 63.0. The van der Waals surface area contributed by atoms with Crippen LogP contribution in [-0.2, 0) is 29.1 Å². The van der Waals surface area contributed by atoms with Crippen LogP contribution in [0.4, 0.5) is 4.79 Å². The van der Waals surface area contributed by atoms with Crippen molar-refractivity contribution in [1.82, 2.24) is 34.9 Å². The first-order chi connectivity index (χ1) is 29.0. The Bertz CT molecular complexity index is 2460. The van der Waals surface area contributed by atoms with Gasteiger partial charge in [-0.1, -0.05) is 67.0 Å². The number of fused-ring (bicyclic) bond motifs is 5. The molecule has 4 heterocycles. The number of ether oxygens (including phenoxy) is 2. The number of hydrogen-bond donors (Lipinski definition) is 3. The van der Waals surface area contributed by atoms with Gasteiger partial charge >= 0.3 is 6.09 Å². The van der Waals surface area contributed by atoms with Crippen molar-refractivity contribution in [3.05, 3.63) is 72.3 Å². The second-order valence-electron chi connectivity index (χ2n) is 17.1. The number of carbonyl (C=O) groups excluding carboxylic acids is 4. The number of hydrogen-bond acceptors (Lipinski definition) is 10. The van der Waals surface area contributed by atoms with Gasteiger partial charge in [-0.15, -0.1) is 0 Å². The lowest BCUT2D eigenvalue weighted by atomic mass is 10.0. The fourth-order valence-corrected chi connectivity index (χ4v) is 10.3. The predicted octanol–water partition coefficient (Wildman–Crippen LogP) is 5.25.